The summed E-state index contributed by atoms with van der Waals surface area (Å²) in [6, 6.07) is 0. The number of ether oxygens (including phenoxy) is 1. The number of carbonyl (C=O) groups excluding carboxylic acids is 1. The molecular formula is C6H5ClO2. The van der Waals surface area contributed by atoms with E-state index in [0.717, 1.165) is 0 Å². The summed E-state index contributed by atoms with van der Waals surface area (Å²) >= 11 is 5.66. The second-order valence-corrected chi connectivity index (χ2v) is 2.70. The van der Waals surface area contributed by atoms with Gasteiger partial charge in [0.15, 0.2) is 5.78 Å². The molecule has 2 aliphatic heterocycles. The molecule has 2 atom stereocenters. The molecule has 2 aliphatic rings. The van der Waals surface area contributed by atoms with Gasteiger partial charge in [-0.1, -0.05) is 11.6 Å². The van der Waals surface area contributed by atoms with Crippen LogP contribution in [-0.4, -0.2) is 18.0 Å². The quantitative estimate of drug-likeness (QED) is 0.504. The zero-order chi connectivity index (χ0) is 6.43. The van der Waals surface area contributed by atoms with Crippen LogP contribution in [0.2, 0.25) is 0 Å². The van der Waals surface area contributed by atoms with Crippen LogP contribution in [0.15, 0.2) is 11.1 Å². The zero-order valence-corrected chi connectivity index (χ0v) is 5.39. The molecule has 3 heteroatoms. The van der Waals surface area contributed by atoms with Gasteiger partial charge in [0.1, 0.15) is 12.2 Å². The van der Waals surface area contributed by atoms with E-state index >= 15 is 0 Å². The number of ketones is 1. The van der Waals surface area contributed by atoms with Gasteiger partial charge < -0.3 is 4.74 Å². The first-order valence-electron chi connectivity index (χ1n) is 2.83. The van der Waals surface area contributed by atoms with Crippen molar-refractivity contribution < 1.29 is 9.53 Å². The summed E-state index contributed by atoms with van der Waals surface area (Å²) in [6.07, 6.45) is 1.73. The first-order valence-corrected chi connectivity index (χ1v) is 3.20. The Bertz CT molecular complexity index is 197. The Balaban J connectivity index is 2.35. The molecule has 0 unspecified atom stereocenters. The second kappa shape index (κ2) is 1.58. The van der Waals surface area contributed by atoms with E-state index in [0.29, 0.717) is 11.5 Å². The van der Waals surface area contributed by atoms with Crippen LogP contribution in [0.1, 0.15) is 6.42 Å². The fraction of sp³-hybridized carbons (Fsp3) is 0.500. The predicted octanol–water partition coefficient (Wildman–Crippen LogP) is 0.849. The molecule has 0 saturated carbocycles. The highest BCUT2D eigenvalue weighted by atomic mass is 35.5. The molecule has 0 spiro atoms. The number of rotatable bonds is 0. The topological polar surface area (TPSA) is 26.3 Å². The molecular weight excluding hydrogens is 140 g/mol. The van der Waals surface area contributed by atoms with E-state index < -0.39 is 0 Å². The van der Waals surface area contributed by atoms with Crippen LogP contribution in [0.4, 0.5) is 0 Å². The summed E-state index contributed by atoms with van der Waals surface area (Å²) in [4.78, 5) is 10.8. The lowest BCUT2D eigenvalue weighted by Crippen LogP contribution is -2.11. The van der Waals surface area contributed by atoms with Gasteiger partial charge in [-0.2, -0.15) is 0 Å². The fourth-order valence-corrected chi connectivity index (χ4v) is 1.39. The van der Waals surface area contributed by atoms with Crippen molar-refractivity contribution in [1.29, 1.82) is 0 Å². The smallest absolute Gasteiger partial charge is 0.168 e. The Morgan fingerprint density at radius 3 is 2.89 bits per heavy atom. The first kappa shape index (κ1) is 5.45. The lowest BCUT2D eigenvalue weighted by atomic mass is 10.1. The average molecular weight is 145 g/mol. The van der Waals surface area contributed by atoms with E-state index in [2.05, 4.69) is 0 Å². The van der Waals surface area contributed by atoms with Crippen molar-refractivity contribution in [3.8, 4) is 0 Å². The molecule has 9 heavy (non-hydrogen) atoms. The molecule has 2 heterocycles. The van der Waals surface area contributed by atoms with Crippen LogP contribution >= 0.6 is 11.6 Å². The van der Waals surface area contributed by atoms with Crippen molar-refractivity contribution in [1.82, 2.24) is 0 Å². The van der Waals surface area contributed by atoms with Crippen LogP contribution in [0, 0.1) is 0 Å². The maximum Gasteiger partial charge on any atom is 0.168 e. The maximum absolute atomic E-state index is 10.8. The van der Waals surface area contributed by atoms with Crippen molar-refractivity contribution in [3.63, 3.8) is 0 Å². The summed E-state index contributed by atoms with van der Waals surface area (Å²) in [6.45, 7) is 0. The van der Waals surface area contributed by atoms with Crippen molar-refractivity contribution in [2.45, 2.75) is 18.6 Å². The number of hydrogen-bond donors (Lipinski definition) is 0. The molecule has 1 fully saturated rings. The lowest BCUT2D eigenvalue weighted by Gasteiger charge is -1.99. The van der Waals surface area contributed by atoms with E-state index in [4.69, 9.17) is 16.3 Å². The minimum absolute atomic E-state index is 0.107. The van der Waals surface area contributed by atoms with E-state index in [1.165, 1.54) is 0 Å². The highest BCUT2D eigenvalue weighted by Gasteiger charge is 2.39. The molecule has 0 aliphatic carbocycles. The van der Waals surface area contributed by atoms with Gasteiger partial charge in [0, 0.05) is 11.5 Å². The SMILES string of the molecule is O=C1C[C@H]2O[C@@H]1C=C2Cl. The summed E-state index contributed by atoms with van der Waals surface area (Å²) in [5.41, 5.74) is 0. The van der Waals surface area contributed by atoms with Gasteiger partial charge in [0.05, 0.1) is 0 Å². The van der Waals surface area contributed by atoms with Gasteiger partial charge in [-0.3, -0.25) is 4.79 Å². The summed E-state index contributed by atoms with van der Waals surface area (Å²) in [7, 11) is 0. The molecule has 0 N–H and O–H groups in total. The molecule has 0 aromatic heterocycles. The minimum Gasteiger partial charge on any atom is -0.357 e. The van der Waals surface area contributed by atoms with Gasteiger partial charge in [-0.25, -0.2) is 0 Å². The summed E-state index contributed by atoms with van der Waals surface area (Å²) in [5.74, 6) is 0.157. The molecule has 2 bridgehead atoms. The molecule has 0 aromatic rings. The van der Waals surface area contributed by atoms with Crippen molar-refractivity contribution in [2.75, 3.05) is 0 Å². The maximum atomic E-state index is 10.8. The van der Waals surface area contributed by atoms with Crippen LogP contribution in [0.3, 0.4) is 0 Å². The number of carbonyl (C=O) groups is 1. The summed E-state index contributed by atoms with van der Waals surface area (Å²) < 4.78 is 5.12. The highest BCUT2D eigenvalue weighted by Crippen LogP contribution is 2.32. The molecule has 0 radical (unpaired) electrons. The third kappa shape index (κ3) is 0.635. The van der Waals surface area contributed by atoms with Crippen molar-refractivity contribution >= 4 is 17.4 Å². The zero-order valence-electron chi connectivity index (χ0n) is 4.63. The number of fused-ring (bicyclic) bond motifs is 2. The Kier molecular flexibility index (Phi) is 0.957. The number of hydrogen-bond acceptors (Lipinski definition) is 2. The van der Waals surface area contributed by atoms with Crippen LogP contribution in [0.25, 0.3) is 0 Å². The van der Waals surface area contributed by atoms with E-state index in [-0.39, 0.29) is 18.0 Å². The van der Waals surface area contributed by atoms with Crippen LogP contribution in [-0.2, 0) is 9.53 Å². The van der Waals surface area contributed by atoms with Crippen molar-refractivity contribution in [2.24, 2.45) is 0 Å². The van der Waals surface area contributed by atoms with Gasteiger partial charge >= 0.3 is 0 Å². The number of Topliss-reactive ketones (excluding diaryl/α,β-unsaturated/α-hetero) is 1. The minimum atomic E-state index is -0.317. The van der Waals surface area contributed by atoms with Gasteiger partial charge in [0.25, 0.3) is 0 Å². The van der Waals surface area contributed by atoms with E-state index in [9.17, 15) is 4.79 Å². The monoisotopic (exact) mass is 144 g/mol. The number of halogens is 1. The normalized spacial score (nSPS) is 39.7. The van der Waals surface area contributed by atoms with Gasteiger partial charge in [-0.05, 0) is 6.08 Å². The highest BCUT2D eigenvalue weighted by molar-refractivity contribution is 6.31. The van der Waals surface area contributed by atoms with E-state index in [1.54, 1.807) is 6.08 Å². The third-order valence-electron chi connectivity index (χ3n) is 1.63. The average Bonchev–Trinajstić information content (AvgIpc) is 2.24. The third-order valence-corrected chi connectivity index (χ3v) is 2.00. The predicted molar refractivity (Wildman–Crippen MR) is 32.2 cm³/mol. The Labute approximate surface area is 57.4 Å². The largest absolute Gasteiger partial charge is 0.357 e. The molecule has 48 valence electrons. The first-order chi connectivity index (χ1) is 4.27. The molecule has 0 amide bonds. The Hall–Kier alpha value is -0.340. The second-order valence-electron chi connectivity index (χ2n) is 2.27. The molecule has 0 aromatic carbocycles. The van der Waals surface area contributed by atoms with Gasteiger partial charge in [-0.15, -0.1) is 0 Å². The van der Waals surface area contributed by atoms with E-state index in [1.807, 2.05) is 0 Å². The molecule has 1 saturated heterocycles. The van der Waals surface area contributed by atoms with Crippen LogP contribution in [0.5, 0.6) is 0 Å². The Morgan fingerprint density at radius 1 is 1.78 bits per heavy atom. The lowest BCUT2D eigenvalue weighted by molar-refractivity contribution is -0.120. The fourth-order valence-electron chi connectivity index (χ4n) is 1.15. The standard InChI is InChI=1S/C6H5ClO2/c7-3-1-6-4(8)2-5(3)9-6/h1,5-6H,2H2/t5-,6-/m1/s1. The Morgan fingerprint density at radius 2 is 2.56 bits per heavy atom. The molecule has 2 nitrogen and oxygen atoms in total. The van der Waals surface area contributed by atoms with Crippen molar-refractivity contribution in [3.05, 3.63) is 11.1 Å². The van der Waals surface area contributed by atoms with Crippen LogP contribution < -0.4 is 0 Å². The molecule has 2 rings (SSSR count). The van der Waals surface area contributed by atoms with Gasteiger partial charge in [0.2, 0.25) is 0 Å². The summed E-state index contributed by atoms with van der Waals surface area (Å²) in [5, 5.41) is 0.694.